The van der Waals surface area contributed by atoms with Gasteiger partial charge in [-0.3, -0.25) is 0 Å². The second kappa shape index (κ2) is 2.51. The molecule has 3 rings (SSSR count). The van der Waals surface area contributed by atoms with Crippen molar-refractivity contribution in [3.8, 4) is 0 Å². The highest BCUT2D eigenvalue weighted by Gasteiger charge is 2.04. The third-order valence-corrected chi connectivity index (χ3v) is 2.36. The van der Waals surface area contributed by atoms with Gasteiger partial charge in [0.2, 0.25) is 0 Å². The molecule has 0 atom stereocenters. The van der Waals surface area contributed by atoms with Crippen molar-refractivity contribution in [1.29, 1.82) is 0 Å². The molecule has 0 aliphatic rings. The molecule has 0 aliphatic carbocycles. The van der Waals surface area contributed by atoms with Crippen molar-refractivity contribution < 1.29 is 0 Å². The van der Waals surface area contributed by atoms with Crippen LogP contribution in [0.4, 0.5) is 0 Å². The highest BCUT2D eigenvalue weighted by Crippen LogP contribution is 2.17. The molecule has 1 aromatic carbocycles. The van der Waals surface area contributed by atoms with Crippen LogP contribution >= 0.6 is 0 Å². The number of benzene rings is 1. The molecule has 0 saturated heterocycles. The van der Waals surface area contributed by atoms with Crippen LogP contribution in [0.1, 0.15) is 5.56 Å². The lowest BCUT2D eigenvalue weighted by Gasteiger charge is -2.01. The van der Waals surface area contributed by atoms with Crippen molar-refractivity contribution >= 4 is 16.6 Å². The fraction of sp³-hybridized carbons (Fsp3) is 0.100. The number of aryl methyl sites for hydroxylation is 1. The van der Waals surface area contributed by atoms with Crippen LogP contribution in [0.15, 0.2) is 30.3 Å². The number of aromatic nitrogens is 4. The summed E-state index contributed by atoms with van der Waals surface area (Å²) in [6.07, 6.45) is 0. The second-order valence-corrected chi connectivity index (χ2v) is 3.30. The van der Waals surface area contributed by atoms with Crippen molar-refractivity contribution in [2.24, 2.45) is 0 Å². The molecule has 4 nitrogen and oxygen atoms in total. The normalized spacial score (nSPS) is 11.2. The number of pyridine rings is 1. The van der Waals surface area contributed by atoms with Gasteiger partial charge >= 0.3 is 0 Å². The molecule has 14 heavy (non-hydrogen) atoms. The number of rotatable bonds is 0. The monoisotopic (exact) mass is 184 g/mol. The van der Waals surface area contributed by atoms with Crippen molar-refractivity contribution in [3.05, 3.63) is 35.9 Å². The maximum atomic E-state index is 3.97. The average Bonchev–Trinajstić information content (AvgIpc) is 2.67. The van der Waals surface area contributed by atoms with Crippen LogP contribution in [-0.2, 0) is 0 Å². The smallest absolute Gasteiger partial charge is 0.182 e. The SMILES string of the molecule is Cc1cc2ccccc2n2nnnc12. The van der Waals surface area contributed by atoms with Gasteiger partial charge in [-0.1, -0.05) is 18.2 Å². The van der Waals surface area contributed by atoms with Gasteiger partial charge < -0.3 is 0 Å². The number of para-hydroxylation sites is 1. The Bertz CT molecular complexity index is 612. The number of hydrogen-bond donors (Lipinski definition) is 0. The maximum absolute atomic E-state index is 3.97. The van der Waals surface area contributed by atoms with Crippen LogP contribution in [0.3, 0.4) is 0 Å². The summed E-state index contributed by atoms with van der Waals surface area (Å²) in [6.45, 7) is 2.01. The lowest BCUT2D eigenvalue weighted by atomic mass is 10.2. The topological polar surface area (TPSA) is 43.1 Å². The van der Waals surface area contributed by atoms with Gasteiger partial charge in [0.15, 0.2) is 5.65 Å². The number of fused-ring (bicyclic) bond motifs is 3. The third-order valence-electron chi connectivity index (χ3n) is 2.36. The van der Waals surface area contributed by atoms with E-state index in [1.807, 2.05) is 25.1 Å². The Labute approximate surface area is 80.2 Å². The quantitative estimate of drug-likeness (QED) is 0.532. The molecular formula is C10H8N4. The lowest BCUT2D eigenvalue weighted by Crippen LogP contribution is -1.92. The van der Waals surface area contributed by atoms with E-state index < -0.39 is 0 Å². The van der Waals surface area contributed by atoms with Crippen molar-refractivity contribution in [3.63, 3.8) is 0 Å². The standard InChI is InChI=1S/C10H8N4/c1-7-6-8-4-2-3-5-9(8)14-10(7)11-12-13-14/h2-6H,1H3. The van der Waals surface area contributed by atoms with Gasteiger partial charge in [0, 0.05) is 5.39 Å². The number of nitrogens with zero attached hydrogens (tertiary/aromatic N) is 4. The maximum Gasteiger partial charge on any atom is 0.182 e. The Morgan fingerprint density at radius 3 is 3.00 bits per heavy atom. The molecular weight excluding hydrogens is 176 g/mol. The van der Waals surface area contributed by atoms with Crippen molar-refractivity contribution in [2.75, 3.05) is 0 Å². The van der Waals surface area contributed by atoms with E-state index >= 15 is 0 Å². The van der Waals surface area contributed by atoms with Crippen molar-refractivity contribution in [2.45, 2.75) is 6.92 Å². The first kappa shape index (κ1) is 7.44. The zero-order valence-corrected chi connectivity index (χ0v) is 7.68. The van der Waals surface area contributed by atoms with E-state index in [9.17, 15) is 0 Å². The van der Waals surface area contributed by atoms with Gasteiger partial charge in [-0.05, 0) is 35.0 Å². The second-order valence-electron chi connectivity index (χ2n) is 3.30. The minimum Gasteiger partial charge on any atom is -0.193 e. The molecule has 2 aromatic heterocycles. The van der Waals surface area contributed by atoms with E-state index in [4.69, 9.17) is 0 Å². The molecule has 0 aliphatic heterocycles. The molecule has 0 N–H and O–H groups in total. The molecule has 4 heteroatoms. The Kier molecular flexibility index (Phi) is 1.33. The molecule has 3 aromatic rings. The van der Waals surface area contributed by atoms with Crippen LogP contribution < -0.4 is 0 Å². The first-order valence-corrected chi connectivity index (χ1v) is 4.43. The molecule has 0 bridgehead atoms. The van der Waals surface area contributed by atoms with Crippen LogP contribution in [0, 0.1) is 6.92 Å². The Morgan fingerprint density at radius 2 is 2.07 bits per heavy atom. The number of hydrogen-bond acceptors (Lipinski definition) is 3. The third kappa shape index (κ3) is 0.849. The van der Waals surface area contributed by atoms with Crippen molar-refractivity contribution in [1.82, 2.24) is 20.0 Å². The zero-order valence-electron chi connectivity index (χ0n) is 7.68. The van der Waals surface area contributed by atoms with E-state index in [1.54, 1.807) is 4.52 Å². The van der Waals surface area contributed by atoms with Gasteiger partial charge in [-0.15, -0.1) is 5.10 Å². The summed E-state index contributed by atoms with van der Waals surface area (Å²) in [7, 11) is 0. The van der Waals surface area contributed by atoms with E-state index in [-0.39, 0.29) is 0 Å². The average molecular weight is 184 g/mol. The minimum atomic E-state index is 0.823. The highest BCUT2D eigenvalue weighted by molar-refractivity contribution is 5.82. The van der Waals surface area contributed by atoms with Gasteiger partial charge in [0.05, 0.1) is 5.52 Å². The van der Waals surface area contributed by atoms with Crippen LogP contribution in [0.5, 0.6) is 0 Å². The van der Waals surface area contributed by atoms with Crippen LogP contribution in [0.2, 0.25) is 0 Å². The Balaban J connectivity index is 2.66. The van der Waals surface area contributed by atoms with E-state index in [0.717, 1.165) is 22.1 Å². The minimum absolute atomic E-state index is 0.823. The molecule has 0 saturated carbocycles. The van der Waals surface area contributed by atoms with Gasteiger partial charge in [-0.25, -0.2) is 0 Å². The molecule has 2 heterocycles. The highest BCUT2D eigenvalue weighted by atomic mass is 15.5. The van der Waals surface area contributed by atoms with Gasteiger partial charge in [-0.2, -0.15) is 4.52 Å². The molecule has 0 radical (unpaired) electrons. The first-order chi connectivity index (χ1) is 6.86. The predicted molar refractivity (Wildman–Crippen MR) is 53.0 cm³/mol. The Hall–Kier alpha value is -1.97. The molecule has 0 fully saturated rings. The molecule has 68 valence electrons. The summed E-state index contributed by atoms with van der Waals surface area (Å²) in [5.41, 5.74) is 2.95. The van der Waals surface area contributed by atoms with Crippen LogP contribution in [0.25, 0.3) is 16.6 Å². The largest absolute Gasteiger partial charge is 0.193 e. The van der Waals surface area contributed by atoms with E-state index in [2.05, 4.69) is 27.7 Å². The number of tetrazole rings is 1. The van der Waals surface area contributed by atoms with Crippen LogP contribution in [-0.4, -0.2) is 20.0 Å². The summed E-state index contributed by atoms with van der Waals surface area (Å²) < 4.78 is 1.77. The van der Waals surface area contributed by atoms with E-state index in [0.29, 0.717) is 0 Å². The fourth-order valence-electron chi connectivity index (χ4n) is 1.70. The molecule has 0 amide bonds. The summed E-state index contributed by atoms with van der Waals surface area (Å²) >= 11 is 0. The molecule has 0 spiro atoms. The van der Waals surface area contributed by atoms with E-state index in [1.165, 1.54) is 0 Å². The van der Waals surface area contributed by atoms with Gasteiger partial charge in [0.25, 0.3) is 0 Å². The predicted octanol–water partition coefficient (Wildman–Crippen LogP) is 1.59. The first-order valence-electron chi connectivity index (χ1n) is 4.43. The molecule has 0 unspecified atom stereocenters. The summed E-state index contributed by atoms with van der Waals surface area (Å²) in [5, 5.41) is 12.8. The summed E-state index contributed by atoms with van der Waals surface area (Å²) in [5.74, 6) is 0. The summed E-state index contributed by atoms with van der Waals surface area (Å²) in [4.78, 5) is 0. The van der Waals surface area contributed by atoms with Gasteiger partial charge in [0.1, 0.15) is 0 Å². The summed E-state index contributed by atoms with van der Waals surface area (Å²) in [6, 6.07) is 10.2. The Morgan fingerprint density at radius 1 is 1.21 bits per heavy atom. The zero-order chi connectivity index (χ0) is 9.54. The fourth-order valence-corrected chi connectivity index (χ4v) is 1.70. The lowest BCUT2D eigenvalue weighted by molar-refractivity contribution is 0.841.